The van der Waals surface area contributed by atoms with Crippen molar-refractivity contribution < 1.29 is 37.3 Å². The third-order valence-corrected chi connectivity index (χ3v) is 6.30. The number of nitrogens with zero attached hydrogens (tertiary/aromatic N) is 2. The molecule has 1 unspecified atom stereocenters. The Morgan fingerprint density at radius 2 is 1.79 bits per heavy atom. The molecule has 0 radical (unpaired) electrons. The molecule has 1 atom stereocenters. The molecule has 34 heavy (non-hydrogen) atoms. The summed E-state index contributed by atoms with van der Waals surface area (Å²) >= 11 is 11.9. The predicted molar refractivity (Wildman–Crippen MR) is 118 cm³/mol. The second kappa shape index (κ2) is 8.59. The van der Waals surface area contributed by atoms with Crippen LogP contribution in [-0.2, 0) is 10.3 Å². The lowest BCUT2D eigenvalue weighted by Gasteiger charge is -2.21. The molecule has 4 rings (SSSR count). The molecule has 1 aliphatic heterocycles. The molecule has 7 nitrogen and oxygen atoms in total. The zero-order chi connectivity index (χ0) is 24.8. The smallest absolute Gasteiger partial charge is 0.436 e. The van der Waals surface area contributed by atoms with E-state index in [1.165, 1.54) is 49.5 Å². The van der Waals surface area contributed by atoms with E-state index in [4.69, 9.17) is 33.0 Å². The minimum atomic E-state index is -4.89. The summed E-state index contributed by atoms with van der Waals surface area (Å²) < 4.78 is 47.8. The van der Waals surface area contributed by atoms with E-state index >= 15 is 0 Å². The molecule has 1 saturated carbocycles. The Hall–Kier alpha value is -3.11. The van der Waals surface area contributed by atoms with Crippen molar-refractivity contribution in [3.8, 4) is 5.75 Å². The van der Waals surface area contributed by atoms with E-state index < -0.39 is 35.2 Å². The number of carbonyl (C=O) groups is 2. The first-order chi connectivity index (χ1) is 15.9. The maximum Gasteiger partial charge on any atom is 0.436 e. The van der Waals surface area contributed by atoms with E-state index in [0.29, 0.717) is 18.4 Å². The van der Waals surface area contributed by atoms with E-state index in [9.17, 15) is 22.8 Å². The van der Waals surface area contributed by atoms with Gasteiger partial charge in [-0.25, -0.2) is 4.79 Å². The number of aromatic carboxylic acids is 1. The molecule has 1 heterocycles. The summed E-state index contributed by atoms with van der Waals surface area (Å²) in [6.45, 7) is 0. The molecule has 1 fully saturated rings. The maximum atomic E-state index is 13.8. The fourth-order valence-corrected chi connectivity index (χ4v) is 3.95. The molecule has 2 aliphatic rings. The van der Waals surface area contributed by atoms with Crippen molar-refractivity contribution >= 4 is 46.7 Å². The summed E-state index contributed by atoms with van der Waals surface area (Å²) in [6, 6.07) is 9.96. The average molecular weight is 515 g/mol. The van der Waals surface area contributed by atoms with Crippen molar-refractivity contribution in [1.82, 2.24) is 5.32 Å². The van der Waals surface area contributed by atoms with Gasteiger partial charge in [0.05, 0.1) is 21.1 Å². The number of hydrogen-bond donors (Lipinski definition) is 2. The standard InChI is InChI=1S/C22H16Cl2F3N3O4/c1-30-19(34-13-6-7-14(23)15(24)10-13)16(17(29-30)22(25,26)27)18(31)28-21(8-9-21)12-4-2-11(3-5-12)20(32)33/h2-7,10,16H,8-9H2,1H3,(H-,28,31,32,33)/p+1. The first-order valence-electron chi connectivity index (χ1n) is 9.96. The van der Waals surface area contributed by atoms with E-state index in [1.807, 2.05) is 0 Å². The molecule has 0 bridgehead atoms. The fourth-order valence-electron chi connectivity index (χ4n) is 3.67. The number of alkyl halides is 3. The van der Waals surface area contributed by atoms with E-state index in [0.717, 1.165) is 4.68 Å². The SMILES string of the molecule is C[N+]1=C(Oc2ccc(Cl)c(Cl)c2)C(C(=O)NC2(c3ccc(C(=O)O)cc3)CC2)C(C(F)(F)F)=N1. The van der Waals surface area contributed by atoms with Crippen molar-refractivity contribution in [3.63, 3.8) is 0 Å². The van der Waals surface area contributed by atoms with Gasteiger partial charge in [-0.05, 0) is 42.7 Å². The van der Waals surface area contributed by atoms with Crippen LogP contribution in [0.4, 0.5) is 13.2 Å². The summed E-state index contributed by atoms with van der Waals surface area (Å²) in [6.07, 6.45) is -3.93. The van der Waals surface area contributed by atoms with Crippen molar-refractivity contribution in [2.75, 3.05) is 7.05 Å². The number of rotatable bonds is 5. The number of amides is 1. The minimum absolute atomic E-state index is 0.0560. The van der Waals surface area contributed by atoms with E-state index in [-0.39, 0.29) is 27.3 Å². The average Bonchev–Trinajstić information content (AvgIpc) is 3.46. The van der Waals surface area contributed by atoms with Gasteiger partial charge in [0.2, 0.25) is 17.5 Å². The van der Waals surface area contributed by atoms with Crippen molar-refractivity contribution in [2.24, 2.45) is 11.0 Å². The number of carbonyl (C=O) groups excluding carboxylic acids is 1. The molecule has 12 heteroatoms. The lowest BCUT2D eigenvalue weighted by atomic mass is 9.98. The summed E-state index contributed by atoms with van der Waals surface area (Å²) in [5, 5.41) is 15.6. The lowest BCUT2D eigenvalue weighted by Crippen LogP contribution is -2.48. The summed E-state index contributed by atoms with van der Waals surface area (Å²) in [4.78, 5) is 24.3. The van der Waals surface area contributed by atoms with Gasteiger partial charge in [-0.1, -0.05) is 40.0 Å². The summed E-state index contributed by atoms with van der Waals surface area (Å²) in [5.41, 5.74) is -1.57. The highest BCUT2D eigenvalue weighted by Crippen LogP contribution is 2.46. The Morgan fingerprint density at radius 3 is 2.32 bits per heavy atom. The molecule has 1 aliphatic carbocycles. The summed E-state index contributed by atoms with van der Waals surface area (Å²) in [5.74, 6) is -4.19. The van der Waals surface area contributed by atoms with Crippen molar-refractivity contribution in [2.45, 2.75) is 24.6 Å². The van der Waals surface area contributed by atoms with Gasteiger partial charge in [-0.3, -0.25) is 4.79 Å². The van der Waals surface area contributed by atoms with Crippen LogP contribution < -0.4 is 10.1 Å². The van der Waals surface area contributed by atoms with Crippen LogP contribution in [0, 0.1) is 5.92 Å². The van der Waals surface area contributed by atoms with Gasteiger partial charge in [-0.15, -0.1) is 0 Å². The van der Waals surface area contributed by atoms with Crippen LogP contribution in [0.3, 0.4) is 0 Å². The van der Waals surface area contributed by atoms with Crippen LogP contribution in [0.15, 0.2) is 47.6 Å². The van der Waals surface area contributed by atoms with Crippen LogP contribution in [0.1, 0.15) is 28.8 Å². The van der Waals surface area contributed by atoms with Gasteiger partial charge >= 0.3 is 18.0 Å². The van der Waals surface area contributed by atoms with Gasteiger partial charge in [0.25, 0.3) is 0 Å². The predicted octanol–water partition coefficient (Wildman–Crippen LogP) is 4.46. The number of hydrogen-bond acceptors (Lipinski definition) is 4. The van der Waals surface area contributed by atoms with Crippen LogP contribution >= 0.6 is 23.2 Å². The van der Waals surface area contributed by atoms with Crippen molar-refractivity contribution in [1.29, 1.82) is 0 Å². The topological polar surface area (TPSA) is 91.0 Å². The first-order valence-corrected chi connectivity index (χ1v) is 10.7. The van der Waals surface area contributed by atoms with Gasteiger partial charge in [0, 0.05) is 11.2 Å². The molecule has 0 aromatic heterocycles. The lowest BCUT2D eigenvalue weighted by molar-refractivity contribution is -0.507. The number of benzene rings is 2. The third-order valence-electron chi connectivity index (χ3n) is 5.56. The number of carboxylic acid groups (broad SMARTS) is 1. The van der Waals surface area contributed by atoms with Crippen LogP contribution in [0.25, 0.3) is 0 Å². The molecule has 2 aromatic rings. The molecular formula is C22H17Cl2F3N3O4+. The second-order valence-electron chi connectivity index (χ2n) is 7.91. The Morgan fingerprint density at radius 1 is 1.15 bits per heavy atom. The molecule has 0 spiro atoms. The second-order valence-corrected chi connectivity index (χ2v) is 8.72. The highest BCUT2D eigenvalue weighted by Gasteiger charge is 2.58. The normalized spacial score (nSPS) is 19.0. The van der Waals surface area contributed by atoms with Gasteiger partial charge in [-0.2, -0.15) is 13.2 Å². The first kappa shape index (κ1) is 24.0. The van der Waals surface area contributed by atoms with Crippen LogP contribution in [0.2, 0.25) is 10.0 Å². The number of carboxylic acids is 1. The minimum Gasteiger partial charge on any atom is -0.478 e. The maximum absolute atomic E-state index is 13.8. The van der Waals surface area contributed by atoms with Crippen LogP contribution in [0.5, 0.6) is 5.75 Å². The number of hydrazone groups is 1. The number of ether oxygens (including phenoxy) is 1. The molecule has 2 aromatic carbocycles. The highest BCUT2D eigenvalue weighted by molar-refractivity contribution is 6.42. The van der Waals surface area contributed by atoms with Gasteiger partial charge in [0.15, 0.2) is 7.05 Å². The number of halogens is 5. The Balaban J connectivity index is 1.62. The molecular weight excluding hydrogens is 498 g/mol. The van der Waals surface area contributed by atoms with Crippen molar-refractivity contribution in [3.05, 3.63) is 63.6 Å². The molecule has 178 valence electrons. The largest absolute Gasteiger partial charge is 0.478 e. The zero-order valence-electron chi connectivity index (χ0n) is 17.5. The van der Waals surface area contributed by atoms with E-state index in [1.54, 1.807) is 0 Å². The monoisotopic (exact) mass is 514 g/mol. The summed E-state index contributed by atoms with van der Waals surface area (Å²) in [7, 11) is 1.24. The quantitative estimate of drug-likeness (QED) is 0.576. The highest BCUT2D eigenvalue weighted by atomic mass is 35.5. The molecule has 1 amide bonds. The van der Waals surface area contributed by atoms with Gasteiger partial charge in [0.1, 0.15) is 5.75 Å². The third kappa shape index (κ3) is 4.60. The van der Waals surface area contributed by atoms with Crippen LogP contribution in [-0.4, -0.2) is 46.5 Å². The Kier molecular flexibility index (Phi) is 6.07. The van der Waals surface area contributed by atoms with E-state index in [2.05, 4.69) is 10.4 Å². The Labute approximate surface area is 201 Å². The molecule has 0 saturated heterocycles. The molecule has 2 N–H and O–H groups in total. The zero-order valence-corrected chi connectivity index (χ0v) is 19.0. The Bertz CT molecular complexity index is 1240. The fraction of sp³-hybridized carbons (Fsp3) is 0.273. The number of nitrogens with one attached hydrogen (secondary N) is 1. The van der Waals surface area contributed by atoms with Gasteiger partial charge < -0.3 is 15.2 Å².